The molecule has 0 aliphatic carbocycles. The molecular weight excluding hydrogens is 256 g/mol. The van der Waals surface area contributed by atoms with Crippen LogP contribution in [0, 0.1) is 0 Å². The molecule has 0 aliphatic heterocycles. The third-order valence-corrected chi connectivity index (χ3v) is 2.78. The first-order chi connectivity index (χ1) is 9.74. The van der Waals surface area contributed by atoms with Crippen LogP contribution in [0.3, 0.4) is 0 Å². The molecule has 98 valence electrons. The van der Waals surface area contributed by atoms with Gasteiger partial charge in [0.05, 0.1) is 11.8 Å². The van der Waals surface area contributed by atoms with E-state index in [1.807, 2.05) is 24.3 Å². The number of fused-ring (bicyclic) bond motifs is 1. The first-order valence-corrected chi connectivity index (χ1v) is 5.94. The second-order valence-corrected chi connectivity index (χ2v) is 4.15. The van der Waals surface area contributed by atoms with Gasteiger partial charge in [0.25, 0.3) is 0 Å². The summed E-state index contributed by atoms with van der Waals surface area (Å²) >= 11 is 0. The van der Waals surface area contributed by atoms with E-state index < -0.39 is 5.97 Å². The number of para-hydroxylation sites is 1. The standard InChI is InChI=1S/C15H10N2O3/c18-15(19)11-7-12(9-16-8-11)20-13-5-1-3-10-4-2-6-17-14(10)13/h1-9H,(H,18,19). The first kappa shape index (κ1) is 12.1. The lowest BCUT2D eigenvalue weighted by molar-refractivity contribution is 0.0696. The molecule has 0 bridgehead atoms. The van der Waals surface area contributed by atoms with E-state index in [0.29, 0.717) is 11.5 Å². The molecular formula is C15H10N2O3. The van der Waals surface area contributed by atoms with E-state index >= 15 is 0 Å². The molecule has 0 amide bonds. The average molecular weight is 266 g/mol. The zero-order valence-corrected chi connectivity index (χ0v) is 10.4. The number of carboxylic acid groups (broad SMARTS) is 1. The minimum atomic E-state index is -1.04. The van der Waals surface area contributed by atoms with Gasteiger partial charge in [0, 0.05) is 17.8 Å². The molecule has 5 nitrogen and oxygen atoms in total. The zero-order chi connectivity index (χ0) is 13.9. The molecule has 20 heavy (non-hydrogen) atoms. The summed E-state index contributed by atoms with van der Waals surface area (Å²) in [6.45, 7) is 0. The van der Waals surface area contributed by atoms with Crippen molar-refractivity contribution in [2.24, 2.45) is 0 Å². The van der Waals surface area contributed by atoms with E-state index in [1.165, 1.54) is 18.5 Å². The summed E-state index contributed by atoms with van der Waals surface area (Å²) in [6, 6.07) is 10.8. The third-order valence-electron chi connectivity index (χ3n) is 2.78. The van der Waals surface area contributed by atoms with E-state index in [9.17, 15) is 4.79 Å². The van der Waals surface area contributed by atoms with Crippen LogP contribution in [0.15, 0.2) is 55.0 Å². The number of aromatic carboxylic acids is 1. The second kappa shape index (κ2) is 4.97. The zero-order valence-electron chi connectivity index (χ0n) is 10.4. The van der Waals surface area contributed by atoms with Gasteiger partial charge in [0.2, 0.25) is 0 Å². The number of ether oxygens (including phenoxy) is 1. The van der Waals surface area contributed by atoms with Crippen molar-refractivity contribution in [3.63, 3.8) is 0 Å². The summed E-state index contributed by atoms with van der Waals surface area (Å²) in [6.07, 6.45) is 4.42. The van der Waals surface area contributed by atoms with Gasteiger partial charge in [-0.2, -0.15) is 0 Å². The quantitative estimate of drug-likeness (QED) is 0.788. The highest BCUT2D eigenvalue weighted by molar-refractivity contribution is 5.88. The van der Waals surface area contributed by atoms with Crippen molar-refractivity contribution in [1.29, 1.82) is 0 Å². The third kappa shape index (κ3) is 2.29. The lowest BCUT2D eigenvalue weighted by Gasteiger charge is -2.08. The maximum Gasteiger partial charge on any atom is 0.337 e. The van der Waals surface area contributed by atoms with Gasteiger partial charge in [-0.25, -0.2) is 4.79 Å². The van der Waals surface area contributed by atoms with E-state index in [0.717, 1.165) is 10.9 Å². The van der Waals surface area contributed by atoms with Crippen LogP contribution in [0.4, 0.5) is 0 Å². The molecule has 0 fully saturated rings. The number of benzene rings is 1. The van der Waals surface area contributed by atoms with Crippen molar-refractivity contribution in [2.75, 3.05) is 0 Å². The van der Waals surface area contributed by atoms with E-state index in [2.05, 4.69) is 9.97 Å². The summed E-state index contributed by atoms with van der Waals surface area (Å²) in [5.74, 6) is -0.116. The van der Waals surface area contributed by atoms with Gasteiger partial charge in [0.15, 0.2) is 5.75 Å². The highest BCUT2D eigenvalue weighted by Gasteiger charge is 2.08. The Morgan fingerprint density at radius 3 is 2.85 bits per heavy atom. The monoisotopic (exact) mass is 266 g/mol. The Morgan fingerprint density at radius 1 is 1.15 bits per heavy atom. The van der Waals surface area contributed by atoms with Crippen molar-refractivity contribution < 1.29 is 14.6 Å². The fourth-order valence-corrected chi connectivity index (χ4v) is 1.88. The summed E-state index contributed by atoms with van der Waals surface area (Å²) in [5.41, 5.74) is 0.798. The number of rotatable bonds is 3. The molecule has 0 unspecified atom stereocenters. The lowest BCUT2D eigenvalue weighted by Crippen LogP contribution is -1.97. The summed E-state index contributed by atoms with van der Waals surface area (Å²) in [4.78, 5) is 19.0. The van der Waals surface area contributed by atoms with Crippen LogP contribution in [0.2, 0.25) is 0 Å². The van der Waals surface area contributed by atoms with Gasteiger partial charge in [-0.1, -0.05) is 18.2 Å². The van der Waals surface area contributed by atoms with Gasteiger partial charge in [-0.15, -0.1) is 0 Å². The Bertz CT molecular complexity index is 781. The van der Waals surface area contributed by atoms with E-state index in [1.54, 1.807) is 12.3 Å². The molecule has 5 heteroatoms. The SMILES string of the molecule is O=C(O)c1cncc(Oc2cccc3cccnc23)c1. The molecule has 2 aromatic heterocycles. The average Bonchev–Trinajstić information content (AvgIpc) is 2.48. The van der Waals surface area contributed by atoms with Crippen molar-refractivity contribution >= 4 is 16.9 Å². The van der Waals surface area contributed by atoms with Gasteiger partial charge in [-0.3, -0.25) is 9.97 Å². The normalized spacial score (nSPS) is 10.4. The molecule has 1 N–H and O–H groups in total. The van der Waals surface area contributed by atoms with Crippen molar-refractivity contribution in [2.45, 2.75) is 0 Å². The Balaban J connectivity index is 2.01. The largest absolute Gasteiger partial charge is 0.478 e. The van der Waals surface area contributed by atoms with Crippen LogP contribution in [0.1, 0.15) is 10.4 Å². The highest BCUT2D eigenvalue weighted by Crippen LogP contribution is 2.28. The smallest absolute Gasteiger partial charge is 0.337 e. The molecule has 1 aromatic carbocycles. The van der Waals surface area contributed by atoms with Crippen LogP contribution in [0.25, 0.3) is 10.9 Å². The molecule has 0 spiro atoms. The Morgan fingerprint density at radius 2 is 2.00 bits per heavy atom. The number of hydrogen-bond acceptors (Lipinski definition) is 4. The van der Waals surface area contributed by atoms with Crippen molar-refractivity contribution in [3.05, 3.63) is 60.6 Å². The Labute approximate surface area is 114 Å². The van der Waals surface area contributed by atoms with Gasteiger partial charge >= 0.3 is 5.97 Å². The summed E-state index contributed by atoms with van der Waals surface area (Å²) in [5, 5.41) is 9.89. The molecule has 0 saturated carbocycles. The Hall–Kier alpha value is -2.95. The fraction of sp³-hybridized carbons (Fsp3) is 0. The van der Waals surface area contributed by atoms with Crippen LogP contribution in [-0.4, -0.2) is 21.0 Å². The fourth-order valence-electron chi connectivity index (χ4n) is 1.88. The molecule has 0 radical (unpaired) electrons. The summed E-state index contributed by atoms with van der Waals surface area (Å²) in [7, 11) is 0. The van der Waals surface area contributed by atoms with E-state index in [-0.39, 0.29) is 5.56 Å². The maximum atomic E-state index is 10.9. The Kier molecular flexibility index (Phi) is 3.01. The van der Waals surface area contributed by atoms with Crippen molar-refractivity contribution in [1.82, 2.24) is 9.97 Å². The predicted octanol–water partition coefficient (Wildman–Crippen LogP) is 3.12. The predicted molar refractivity (Wildman–Crippen MR) is 73.0 cm³/mol. The molecule has 3 aromatic rings. The van der Waals surface area contributed by atoms with Gasteiger partial charge in [-0.05, 0) is 18.2 Å². The molecule has 0 atom stereocenters. The molecule has 0 aliphatic rings. The van der Waals surface area contributed by atoms with Crippen LogP contribution >= 0.6 is 0 Å². The van der Waals surface area contributed by atoms with Gasteiger partial charge in [0.1, 0.15) is 11.3 Å². The number of carboxylic acids is 1. The maximum absolute atomic E-state index is 10.9. The van der Waals surface area contributed by atoms with Crippen molar-refractivity contribution in [3.8, 4) is 11.5 Å². The molecule has 3 rings (SSSR count). The highest BCUT2D eigenvalue weighted by atomic mass is 16.5. The number of hydrogen-bond donors (Lipinski definition) is 1. The molecule has 2 heterocycles. The molecule has 0 saturated heterocycles. The van der Waals surface area contributed by atoms with Crippen LogP contribution < -0.4 is 4.74 Å². The number of aromatic nitrogens is 2. The minimum absolute atomic E-state index is 0.0793. The van der Waals surface area contributed by atoms with Crippen LogP contribution in [0.5, 0.6) is 11.5 Å². The number of nitrogens with zero attached hydrogens (tertiary/aromatic N) is 2. The topological polar surface area (TPSA) is 72.3 Å². The number of pyridine rings is 2. The number of carbonyl (C=O) groups is 1. The van der Waals surface area contributed by atoms with E-state index in [4.69, 9.17) is 9.84 Å². The lowest BCUT2D eigenvalue weighted by atomic mass is 10.2. The second-order valence-electron chi connectivity index (χ2n) is 4.15. The van der Waals surface area contributed by atoms with Crippen LogP contribution in [-0.2, 0) is 0 Å². The summed E-state index contributed by atoms with van der Waals surface area (Å²) < 4.78 is 5.69. The minimum Gasteiger partial charge on any atom is -0.478 e. The van der Waals surface area contributed by atoms with Gasteiger partial charge < -0.3 is 9.84 Å². The first-order valence-electron chi connectivity index (χ1n) is 5.94.